The smallest absolute Gasteiger partial charge is 0.262 e. The number of amides is 1. The molecule has 6 nitrogen and oxygen atoms in total. The molecule has 6 heteroatoms. The normalized spacial score (nSPS) is 10.2. The Hall–Kier alpha value is -3.28. The van der Waals surface area contributed by atoms with Gasteiger partial charge < -0.3 is 19.2 Å². The molecule has 0 spiro atoms. The maximum absolute atomic E-state index is 12.0. The van der Waals surface area contributed by atoms with Gasteiger partial charge in [0.2, 0.25) is 0 Å². The average molecular weight is 324 g/mol. The predicted molar refractivity (Wildman–Crippen MR) is 89.1 cm³/mol. The second-order valence-corrected chi connectivity index (χ2v) is 4.93. The van der Waals surface area contributed by atoms with Crippen molar-refractivity contribution < 1.29 is 18.7 Å². The number of benzene rings is 2. The number of carbonyl (C=O) groups excluding carboxylic acids is 1. The first-order valence-corrected chi connectivity index (χ1v) is 7.31. The van der Waals surface area contributed by atoms with Crippen LogP contribution < -0.4 is 14.8 Å². The Morgan fingerprint density at radius 2 is 2.04 bits per heavy atom. The number of hydrogen-bond acceptors (Lipinski definition) is 5. The van der Waals surface area contributed by atoms with Crippen LogP contribution in [0.25, 0.3) is 11.3 Å². The largest absolute Gasteiger partial charge is 0.496 e. The van der Waals surface area contributed by atoms with E-state index in [1.807, 2.05) is 18.2 Å². The van der Waals surface area contributed by atoms with E-state index in [9.17, 15) is 4.79 Å². The standard InChI is InChI=1S/C18H16N2O4/c1-22-16-9-13(7-8-15(16)17-10-19-12-24-17)20-18(21)11-23-14-5-3-2-4-6-14/h2-10,12H,11H2,1H3,(H,20,21). The number of rotatable bonds is 6. The predicted octanol–water partition coefficient (Wildman–Crippen LogP) is 3.37. The van der Waals surface area contributed by atoms with Gasteiger partial charge in [-0.2, -0.15) is 0 Å². The quantitative estimate of drug-likeness (QED) is 0.752. The molecular formula is C18H16N2O4. The molecule has 0 unspecified atom stereocenters. The van der Waals surface area contributed by atoms with Crippen molar-refractivity contribution in [1.29, 1.82) is 0 Å². The highest BCUT2D eigenvalue weighted by Crippen LogP contribution is 2.32. The van der Waals surface area contributed by atoms with Gasteiger partial charge in [0.1, 0.15) is 11.5 Å². The molecule has 24 heavy (non-hydrogen) atoms. The first-order valence-electron chi connectivity index (χ1n) is 7.31. The number of ether oxygens (including phenoxy) is 2. The van der Waals surface area contributed by atoms with E-state index in [0.29, 0.717) is 22.9 Å². The van der Waals surface area contributed by atoms with Crippen molar-refractivity contribution in [3.63, 3.8) is 0 Å². The monoisotopic (exact) mass is 324 g/mol. The van der Waals surface area contributed by atoms with Gasteiger partial charge in [-0.1, -0.05) is 18.2 Å². The van der Waals surface area contributed by atoms with Gasteiger partial charge in [-0.05, 0) is 24.3 Å². The molecule has 3 aromatic rings. The molecule has 0 radical (unpaired) electrons. The third-order valence-electron chi connectivity index (χ3n) is 3.30. The molecule has 0 bridgehead atoms. The van der Waals surface area contributed by atoms with Gasteiger partial charge in [-0.25, -0.2) is 4.98 Å². The third-order valence-corrected chi connectivity index (χ3v) is 3.30. The number of hydrogen-bond donors (Lipinski definition) is 1. The van der Waals surface area contributed by atoms with Crippen molar-refractivity contribution in [3.05, 3.63) is 61.1 Å². The maximum atomic E-state index is 12.0. The zero-order valence-electron chi connectivity index (χ0n) is 13.1. The fourth-order valence-corrected chi connectivity index (χ4v) is 2.18. The van der Waals surface area contributed by atoms with Crippen LogP contribution in [0.3, 0.4) is 0 Å². The van der Waals surface area contributed by atoms with Gasteiger partial charge in [0, 0.05) is 11.8 Å². The first kappa shape index (κ1) is 15.6. The van der Waals surface area contributed by atoms with Crippen molar-refractivity contribution in [2.45, 2.75) is 0 Å². The number of nitrogens with zero attached hydrogens (tertiary/aromatic N) is 1. The molecule has 0 atom stereocenters. The second kappa shape index (κ2) is 7.32. The highest BCUT2D eigenvalue weighted by molar-refractivity contribution is 5.92. The number of anilines is 1. The summed E-state index contributed by atoms with van der Waals surface area (Å²) in [4.78, 5) is 15.9. The van der Waals surface area contributed by atoms with Crippen LogP contribution in [0, 0.1) is 0 Å². The molecule has 0 fully saturated rings. The molecule has 1 amide bonds. The summed E-state index contributed by atoms with van der Waals surface area (Å²) in [6, 6.07) is 14.5. The molecule has 0 aliphatic heterocycles. The lowest BCUT2D eigenvalue weighted by molar-refractivity contribution is -0.118. The van der Waals surface area contributed by atoms with Crippen LogP contribution in [0.4, 0.5) is 5.69 Å². The molecule has 122 valence electrons. The van der Waals surface area contributed by atoms with Crippen LogP contribution in [0.1, 0.15) is 0 Å². The summed E-state index contributed by atoms with van der Waals surface area (Å²) >= 11 is 0. The van der Waals surface area contributed by atoms with Gasteiger partial charge in [-0.15, -0.1) is 0 Å². The number of para-hydroxylation sites is 1. The van der Waals surface area contributed by atoms with Crippen LogP contribution in [0.2, 0.25) is 0 Å². The molecule has 1 heterocycles. The zero-order valence-corrected chi connectivity index (χ0v) is 13.1. The Morgan fingerprint density at radius 3 is 2.75 bits per heavy atom. The summed E-state index contributed by atoms with van der Waals surface area (Å²) in [7, 11) is 1.55. The lowest BCUT2D eigenvalue weighted by Gasteiger charge is -2.11. The summed E-state index contributed by atoms with van der Waals surface area (Å²) in [6.45, 7) is -0.0732. The van der Waals surface area contributed by atoms with E-state index >= 15 is 0 Å². The second-order valence-electron chi connectivity index (χ2n) is 4.93. The molecular weight excluding hydrogens is 308 g/mol. The zero-order chi connectivity index (χ0) is 16.8. The average Bonchev–Trinajstić information content (AvgIpc) is 3.15. The highest BCUT2D eigenvalue weighted by atomic mass is 16.5. The minimum Gasteiger partial charge on any atom is -0.496 e. The van der Waals surface area contributed by atoms with Gasteiger partial charge >= 0.3 is 0 Å². The Balaban J connectivity index is 1.65. The molecule has 2 aromatic carbocycles. The van der Waals surface area contributed by atoms with E-state index in [4.69, 9.17) is 13.9 Å². The highest BCUT2D eigenvalue weighted by Gasteiger charge is 2.11. The van der Waals surface area contributed by atoms with E-state index in [2.05, 4.69) is 10.3 Å². The molecule has 0 saturated heterocycles. The Bertz CT molecular complexity index is 801. The number of nitrogens with one attached hydrogen (secondary N) is 1. The van der Waals surface area contributed by atoms with Crippen LogP contribution in [0.5, 0.6) is 11.5 Å². The topological polar surface area (TPSA) is 73.6 Å². The number of aromatic nitrogens is 1. The van der Waals surface area contributed by atoms with Crippen molar-refractivity contribution in [1.82, 2.24) is 4.98 Å². The molecule has 0 aliphatic rings. The van der Waals surface area contributed by atoms with Gasteiger partial charge in [-0.3, -0.25) is 4.79 Å². The summed E-state index contributed by atoms with van der Waals surface area (Å²) in [6.07, 6.45) is 2.95. The van der Waals surface area contributed by atoms with E-state index in [0.717, 1.165) is 5.56 Å². The molecule has 3 rings (SSSR count). The van der Waals surface area contributed by atoms with Crippen LogP contribution in [-0.4, -0.2) is 24.6 Å². The Kier molecular flexibility index (Phi) is 4.76. The first-order chi connectivity index (χ1) is 11.8. The van der Waals surface area contributed by atoms with Crippen molar-refractivity contribution in [2.75, 3.05) is 19.0 Å². The summed E-state index contributed by atoms with van der Waals surface area (Å²) < 4.78 is 16.0. The Morgan fingerprint density at radius 1 is 1.21 bits per heavy atom. The number of carbonyl (C=O) groups is 1. The minimum atomic E-state index is -0.256. The van der Waals surface area contributed by atoms with E-state index in [1.165, 1.54) is 6.39 Å². The lowest BCUT2D eigenvalue weighted by Crippen LogP contribution is -2.20. The van der Waals surface area contributed by atoms with Gasteiger partial charge in [0.15, 0.2) is 18.8 Å². The minimum absolute atomic E-state index is 0.0732. The SMILES string of the molecule is COc1cc(NC(=O)COc2ccccc2)ccc1-c1cnco1. The molecule has 0 aliphatic carbocycles. The number of oxazole rings is 1. The fraction of sp³-hybridized carbons (Fsp3) is 0.111. The van der Waals surface area contributed by atoms with E-state index < -0.39 is 0 Å². The van der Waals surface area contributed by atoms with Crippen LogP contribution in [0.15, 0.2) is 65.5 Å². The van der Waals surface area contributed by atoms with Crippen molar-refractivity contribution >= 4 is 11.6 Å². The fourth-order valence-electron chi connectivity index (χ4n) is 2.18. The van der Waals surface area contributed by atoms with Crippen molar-refractivity contribution in [3.8, 4) is 22.8 Å². The molecule has 1 aromatic heterocycles. The summed E-state index contributed by atoms with van der Waals surface area (Å²) in [5.41, 5.74) is 1.37. The van der Waals surface area contributed by atoms with Crippen LogP contribution in [-0.2, 0) is 4.79 Å². The third kappa shape index (κ3) is 3.73. The van der Waals surface area contributed by atoms with E-state index in [1.54, 1.807) is 43.6 Å². The van der Waals surface area contributed by atoms with Crippen molar-refractivity contribution in [2.24, 2.45) is 0 Å². The maximum Gasteiger partial charge on any atom is 0.262 e. The van der Waals surface area contributed by atoms with Crippen LogP contribution >= 0.6 is 0 Å². The summed E-state index contributed by atoms with van der Waals surface area (Å²) in [5, 5.41) is 2.77. The van der Waals surface area contributed by atoms with E-state index in [-0.39, 0.29) is 12.5 Å². The molecule has 1 N–H and O–H groups in total. The lowest BCUT2D eigenvalue weighted by atomic mass is 10.1. The molecule has 0 saturated carbocycles. The summed E-state index contributed by atoms with van der Waals surface area (Å²) in [5.74, 6) is 1.56. The number of methoxy groups -OCH3 is 1. The van der Waals surface area contributed by atoms with Gasteiger partial charge in [0.25, 0.3) is 5.91 Å². The van der Waals surface area contributed by atoms with Gasteiger partial charge in [0.05, 0.1) is 18.9 Å². The Labute approximate surface area is 139 Å².